The lowest BCUT2D eigenvalue weighted by molar-refractivity contribution is -0.137. The molecular formula is C27H20BrF5N4O6. The quantitative estimate of drug-likeness (QED) is 0.190. The highest BCUT2D eigenvalue weighted by atomic mass is 79.9. The molecule has 0 aliphatic heterocycles. The van der Waals surface area contributed by atoms with E-state index in [1.807, 2.05) is 0 Å². The lowest BCUT2D eigenvalue weighted by Gasteiger charge is -2.25. The van der Waals surface area contributed by atoms with Crippen LogP contribution in [0.2, 0.25) is 0 Å². The lowest BCUT2D eigenvalue weighted by atomic mass is 10.1. The first-order valence-corrected chi connectivity index (χ1v) is 12.8. The molecule has 2 heterocycles. The predicted octanol–water partition coefficient (Wildman–Crippen LogP) is 6.20. The third-order valence-electron chi connectivity index (χ3n) is 6.00. The number of primary amides is 1. The van der Waals surface area contributed by atoms with E-state index in [1.54, 1.807) is 12.1 Å². The number of ether oxygens (including phenoxy) is 2. The Morgan fingerprint density at radius 3 is 2.44 bits per heavy atom. The minimum Gasteiger partial charge on any atom is -0.481 e. The van der Waals surface area contributed by atoms with E-state index in [-0.39, 0.29) is 34.2 Å². The molecule has 2 aromatic heterocycles. The number of methoxy groups -OCH3 is 1. The molecule has 43 heavy (non-hydrogen) atoms. The van der Waals surface area contributed by atoms with Crippen LogP contribution in [0.15, 0.2) is 63.8 Å². The predicted molar refractivity (Wildman–Crippen MR) is 142 cm³/mol. The van der Waals surface area contributed by atoms with Crippen molar-refractivity contribution in [2.24, 2.45) is 5.73 Å². The lowest BCUT2D eigenvalue weighted by Crippen LogP contribution is -2.35. The molecule has 3 N–H and O–H groups in total. The summed E-state index contributed by atoms with van der Waals surface area (Å²) in [6, 6.07) is 8.63. The molecule has 0 bridgehead atoms. The Morgan fingerprint density at radius 2 is 1.84 bits per heavy atom. The summed E-state index contributed by atoms with van der Waals surface area (Å²) in [5.41, 5.74) is 3.66. The smallest absolute Gasteiger partial charge is 0.416 e. The van der Waals surface area contributed by atoms with Gasteiger partial charge in [-0.2, -0.15) is 13.2 Å². The van der Waals surface area contributed by atoms with E-state index < -0.39 is 59.3 Å². The molecule has 10 nitrogen and oxygen atoms in total. The van der Waals surface area contributed by atoms with E-state index >= 15 is 4.39 Å². The summed E-state index contributed by atoms with van der Waals surface area (Å²) in [5.74, 6) is -5.03. The maximum atomic E-state index is 15.1. The molecule has 0 saturated carbocycles. The number of oxazole rings is 1. The second kappa shape index (κ2) is 12.6. The van der Waals surface area contributed by atoms with Gasteiger partial charge < -0.3 is 24.7 Å². The summed E-state index contributed by atoms with van der Waals surface area (Å²) in [6.45, 7) is -0.867. The van der Waals surface area contributed by atoms with Crippen molar-refractivity contribution in [1.82, 2.24) is 14.9 Å². The highest BCUT2D eigenvalue weighted by molar-refractivity contribution is 9.10. The number of benzene rings is 2. The van der Waals surface area contributed by atoms with E-state index in [4.69, 9.17) is 19.6 Å². The second-order valence-electron chi connectivity index (χ2n) is 8.79. The SMILES string of the molecule is COc1ncccc1CN(CC(Oc1ccc(F)c(C(N)=O)c1F)c1nc(-c2ccc(C(F)(F)F)cc2)c(Br)o1)C(=O)O. The van der Waals surface area contributed by atoms with Crippen LogP contribution in [0.3, 0.4) is 0 Å². The number of aromatic nitrogens is 2. The van der Waals surface area contributed by atoms with Crippen molar-refractivity contribution in [1.29, 1.82) is 0 Å². The van der Waals surface area contributed by atoms with Crippen LogP contribution in [0.1, 0.15) is 33.5 Å². The van der Waals surface area contributed by atoms with Crippen LogP contribution in [-0.4, -0.2) is 45.6 Å². The Morgan fingerprint density at radius 1 is 1.14 bits per heavy atom. The molecule has 1 unspecified atom stereocenters. The minimum absolute atomic E-state index is 0.0190. The first-order valence-electron chi connectivity index (χ1n) is 12.0. The molecule has 0 saturated heterocycles. The molecule has 2 amide bonds. The van der Waals surface area contributed by atoms with Crippen molar-refractivity contribution in [3.05, 3.63) is 93.6 Å². The van der Waals surface area contributed by atoms with Crippen LogP contribution < -0.4 is 15.2 Å². The first-order chi connectivity index (χ1) is 20.3. The highest BCUT2D eigenvalue weighted by Crippen LogP contribution is 2.36. The van der Waals surface area contributed by atoms with E-state index in [9.17, 15) is 32.3 Å². The Kier molecular flexibility index (Phi) is 9.18. The van der Waals surface area contributed by atoms with Crippen molar-refractivity contribution in [3.8, 4) is 22.9 Å². The molecule has 0 aliphatic rings. The summed E-state index contributed by atoms with van der Waals surface area (Å²) in [5, 5.41) is 9.97. The fourth-order valence-corrected chi connectivity index (χ4v) is 4.45. The maximum absolute atomic E-state index is 15.1. The number of hydrogen-bond donors (Lipinski definition) is 2. The van der Waals surface area contributed by atoms with Gasteiger partial charge in [0.25, 0.3) is 5.91 Å². The molecule has 4 rings (SSSR count). The van der Waals surface area contributed by atoms with E-state index in [0.29, 0.717) is 5.56 Å². The molecule has 0 spiro atoms. The number of nitrogens with two attached hydrogens (primary N) is 1. The Bertz CT molecular complexity index is 1650. The van der Waals surface area contributed by atoms with Crippen molar-refractivity contribution >= 4 is 27.9 Å². The number of halogens is 6. The monoisotopic (exact) mass is 670 g/mol. The van der Waals surface area contributed by atoms with Gasteiger partial charge in [-0.25, -0.2) is 23.5 Å². The molecule has 0 radical (unpaired) electrons. The number of nitrogens with zero attached hydrogens (tertiary/aromatic N) is 3. The number of rotatable bonds is 10. The zero-order valence-corrected chi connectivity index (χ0v) is 23.4. The zero-order valence-electron chi connectivity index (χ0n) is 21.9. The van der Waals surface area contributed by atoms with Gasteiger partial charge in [-0.05, 0) is 46.3 Å². The maximum Gasteiger partial charge on any atom is 0.416 e. The standard InChI is InChI=1S/C27H20BrF5N4O6/c1-41-24-14(3-2-10-35-24)11-37(26(39)40)12-18(42-17-9-8-16(29)19(20(17)30)23(34)38)25-36-21(22(28)43-25)13-4-6-15(7-5-13)27(31,32)33/h2-10,18H,11-12H2,1H3,(H2,34,38)(H,39,40). The van der Waals surface area contributed by atoms with Crippen LogP contribution in [-0.2, 0) is 12.7 Å². The van der Waals surface area contributed by atoms with E-state index in [1.165, 1.54) is 13.3 Å². The van der Waals surface area contributed by atoms with Gasteiger partial charge in [0.15, 0.2) is 22.3 Å². The van der Waals surface area contributed by atoms with Crippen LogP contribution in [0.4, 0.5) is 26.7 Å². The summed E-state index contributed by atoms with van der Waals surface area (Å²) in [4.78, 5) is 33.0. The molecule has 2 aromatic carbocycles. The fourth-order valence-electron chi connectivity index (χ4n) is 3.96. The topological polar surface area (TPSA) is 141 Å². The zero-order chi connectivity index (χ0) is 31.5. The van der Waals surface area contributed by atoms with Crippen molar-refractivity contribution < 1.29 is 50.5 Å². The first kappa shape index (κ1) is 31.2. The number of carbonyl (C=O) groups excluding carboxylic acids is 1. The summed E-state index contributed by atoms with van der Waals surface area (Å²) >= 11 is 3.14. The number of pyridine rings is 1. The van der Waals surface area contributed by atoms with Gasteiger partial charge in [0, 0.05) is 17.3 Å². The van der Waals surface area contributed by atoms with Gasteiger partial charge in [-0.3, -0.25) is 9.69 Å². The minimum atomic E-state index is -4.58. The number of alkyl halides is 3. The van der Waals surface area contributed by atoms with E-state index in [0.717, 1.165) is 41.3 Å². The highest BCUT2D eigenvalue weighted by Gasteiger charge is 2.32. The molecule has 0 fully saturated rings. The third-order valence-corrected chi connectivity index (χ3v) is 6.53. The van der Waals surface area contributed by atoms with Gasteiger partial charge in [0.05, 0.1) is 25.8 Å². The fraction of sp³-hybridized carbons (Fsp3) is 0.185. The normalized spacial score (nSPS) is 12.1. The van der Waals surface area contributed by atoms with Crippen LogP contribution in [0, 0.1) is 11.6 Å². The van der Waals surface area contributed by atoms with Crippen LogP contribution in [0.25, 0.3) is 11.3 Å². The summed E-state index contributed by atoms with van der Waals surface area (Å²) < 4.78 is 84.8. The molecule has 4 aromatic rings. The average molecular weight is 671 g/mol. The molecule has 0 aliphatic carbocycles. The Hall–Kier alpha value is -4.73. The third kappa shape index (κ3) is 7.02. The molecular weight excluding hydrogens is 651 g/mol. The van der Waals surface area contributed by atoms with Gasteiger partial charge in [-0.15, -0.1) is 0 Å². The average Bonchev–Trinajstić information content (AvgIpc) is 3.34. The number of amides is 2. The van der Waals surface area contributed by atoms with Crippen LogP contribution >= 0.6 is 15.9 Å². The van der Waals surface area contributed by atoms with Gasteiger partial charge in [-0.1, -0.05) is 18.2 Å². The summed E-state index contributed by atoms with van der Waals surface area (Å²) in [6.07, 6.45) is -6.14. The second-order valence-corrected chi connectivity index (χ2v) is 9.51. The van der Waals surface area contributed by atoms with E-state index in [2.05, 4.69) is 25.9 Å². The van der Waals surface area contributed by atoms with Crippen molar-refractivity contribution in [2.75, 3.05) is 13.7 Å². The number of carboxylic acid groups (broad SMARTS) is 1. The molecule has 16 heteroatoms. The summed E-state index contributed by atoms with van der Waals surface area (Å²) in [7, 11) is 1.34. The van der Waals surface area contributed by atoms with Crippen molar-refractivity contribution in [3.63, 3.8) is 0 Å². The Balaban J connectivity index is 1.76. The van der Waals surface area contributed by atoms with Crippen molar-refractivity contribution in [2.45, 2.75) is 18.8 Å². The largest absolute Gasteiger partial charge is 0.481 e. The number of carbonyl (C=O) groups is 2. The Labute approximate surface area is 248 Å². The van der Waals surface area contributed by atoms with Gasteiger partial charge in [0.1, 0.15) is 17.1 Å². The molecule has 1 atom stereocenters. The van der Waals surface area contributed by atoms with Crippen LogP contribution in [0.5, 0.6) is 11.6 Å². The number of hydrogen-bond acceptors (Lipinski definition) is 7. The van der Waals surface area contributed by atoms with Gasteiger partial charge in [0.2, 0.25) is 11.8 Å². The molecule has 226 valence electrons. The van der Waals surface area contributed by atoms with Gasteiger partial charge >= 0.3 is 12.3 Å².